The third-order valence-corrected chi connectivity index (χ3v) is 2.10. The molecule has 0 unspecified atom stereocenters. The molecule has 0 saturated heterocycles. The van der Waals surface area contributed by atoms with Gasteiger partial charge in [-0.1, -0.05) is 12.1 Å². The monoisotopic (exact) mass is 234 g/mol. The van der Waals surface area contributed by atoms with Gasteiger partial charge in [0.25, 0.3) is 5.78 Å². The standard InChI is InChI=1S/C10H7NO3.N2.H3N/c1-6(12)11-8-5-3-2-4-7(8)9(13)10(11)14;1-2;/h2-5H,1H3;;1H3. The lowest BCUT2D eigenvalue weighted by Crippen LogP contribution is -2.33. The van der Waals surface area contributed by atoms with Gasteiger partial charge < -0.3 is 6.15 Å². The molecule has 0 aliphatic carbocycles. The van der Waals surface area contributed by atoms with E-state index in [0.717, 1.165) is 4.90 Å². The second-order valence-corrected chi connectivity index (χ2v) is 3.01. The van der Waals surface area contributed by atoms with Gasteiger partial charge >= 0.3 is 5.91 Å². The second kappa shape index (κ2) is 5.48. The molecule has 1 aliphatic heterocycles. The van der Waals surface area contributed by atoms with Crippen molar-refractivity contribution in [2.45, 2.75) is 6.92 Å². The van der Waals surface area contributed by atoms with Crippen LogP contribution in [0.3, 0.4) is 0 Å². The average Bonchev–Trinajstić information content (AvgIpc) is 2.55. The van der Waals surface area contributed by atoms with Crippen LogP contribution in [0.5, 0.6) is 0 Å². The lowest BCUT2D eigenvalue weighted by atomic mass is 10.1. The maximum atomic E-state index is 11.4. The number of carbonyl (C=O) groups excluding carboxylic acids is 3. The molecule has 7 nitrogen and oxygen atoms in total. The molecule has 1 aromatic rings. The van der Waals surface area contributed by atoms with E-state index < -0.39 is 17.6 Å². The van der Waals surface area contributed by atoms with E-state index in [2.05, 4.69) is 0 Å². The number of nitrogens with zero attached hydrogens (tertiary/aromatic N) is 3. The zero-order valence-corrected chi connectivity index (χ0v) is 9.08. The molecule has 88 valence electrons. The quantitative estimate of drug-likeness (QED) is 0.524. The van der Waals surface area contributed by atoms with Crippen LogP contribution in [0.15, 0.2) is 24.3 Å². The Morgan fingerprint density at radius 2 is 1.71 bits per heavy atom. The molecule has 0 aromatic heterocycles. The number of benzene rings is 1. The number of rotatable bonds is 0. The Morgan fingerprint density at radius 3 is 2.24 bits per heavy atom. The van der Waals surface area contributed by atoms with Crippen molar-refractivity contribution in [3.8, 4) is 0 Å². The van der Waals surface area contributed by atoms with Crippen LogP contribution < -0.4 is 11.1 Å². The van der Waals surface area contributed by atoms with Crippen LogP contribution in [0.4, 0.5) is 5.69 Å². The van der Waals surface area contributed by atoms with E-state index in [0.29, 0.717) is 11.3 Å². The number of hydrogen-bond donors (Lipinski definition) is 1. The third-order valence-electron chi connectivity index (χ3n) is 2.10. The lowest BCUT2D eigenvalue weighted by molar-refractivity contribution is -0.122. The van der Waals surface area contributed by atoms with Crippen molar-refractivity contribution < 1.29 is 14.4 Å². The van der Waals surface area contributed by atoms with Gasteiger partial charge in [0, 0.05) is 17.7 Å². The van der Waals surface area contributed by atoms with Crippen LogP contribution in [-0.2, 0) is 9.59 Å². The Balaban J connectivity index is 0.000000811. The van der Waals surface area contributed by atoms with Gasteiger partial charge in [-0.05, 0) is 12.1 Å². The molecule has 0 fully saturated rings. The highest BCUT2D eigenvalue weighted by Gasteiger charge is 2.37. The van der Waals surface area contributed by atoms with Crippen molar-refractivity contribution in [3.05, 3.63) is 29.8 Å². The van der Waals surface area contributed by atoms with Gasteiger partial charge in [-0.15, -0.1) is 0 Å². The maximum absolute atomic E-state index is 11.4. The van der Waals surface area contributed by atoms with Gasteiger partial charge in [0.15, 0.2) is 0 Å². The molecule has 0 saturated carbocycles. The van der Waals surface area contributed by atoms with Crippen LogP contribution in [0.1, 0.15) is 17.3 Å². The van der Waals surface area contributed by atoms with Crippen LogP contribution in [0.2, 0.25) is 0 Å². The first-order chi connectivity index (χ1) is 7.63. The number of hydrogen-bond acceptors (Lipinski definition) is 6. The summed E-state index contributed by atoms with van der Waals surface area (Å²) in [5.74, 6) is -1.82. The fourth-order valence-electron chi connectivity index (χ4n) is 1.50. The first kappa shape index (κ1) is 14.4. The Hall–Kier alpha value is -2.59. The van der Waals surface area contributed by atoms with E-state index in [1.54, 1.807) is 24.3 Å². The summed E-state index contributed by atoms with van der Waals surface area (Å²) in [6.07, 6.45) is 0. The Bertz CT molecular complexity index is 495. The fraction of sp³-hybridized carbons (Fsp3) is 0.100. The minimum Gasteiger partial charge on any atom is -0.344 e. The molecule has 2 amide bonds. The molecule has 2 rings (SSSR count). The molecule has 7 heteroatoms. The number of anilines is 1. The van der Waals surface area contributed by atoms with E-state index >= 15 is 0 Å². The molecule has 17 heavy (non-hydrogen) atoms. The summed E-state index contributed by atoms with van der Waals surface area (Å²) in [4.78, 5) is 34.7. The van der Waals surface area contributed by atoms with Gasteiger partial charge in [-0.25, -0.2) is 4.90 Å². The summed E-state index contributed by atoms with van der Waals surface area (Å²) in [5.41, 5.74) is 0.683. The van der Waals surface area contributed by atoms with Crippen molar-refractivity contribution in [2.75, 3.05) is 4.90 Å². The predicted molar refractivity (Wildman–Crippen MR) is 57.4 cm³/mol. The maximum Gasteiger partial charge on any atom is 0.306 e. The highest BCUT2D eigenvalue weighted by molar-refractivity contribution is 6.56. The van der Waals surface area contributed by atoms with E-state index in [1.165, 1.54) is 6.92 Å². The minimum absolute atomic E-state index is 0. The summed E-state index contributed by atoms with van der Waals surface area (Å²) < 4.78 is 0. The molecule has 0 radical (unpaired) electrons. The van der Waals surface area contributed by atoms with Crippen LogP contribution in [0, 0.1) is 10.8 Å². The number of amides is 2. The Labute approximate surface area is 97.0 Å². The topological polar surface area (TPSA) is 137 Å². The highest BCUT2D eigenvalue weighted by atomic mass is 16.2. The summed E-state index contributed by atoms with van der Waals surface area (Å²) in [6, 6.07) is 6.46. The molecule has 0 atom stereocenters. The minimum atomic E-state index is -0.765. The molecule has 0 spiro atoms. The molecule has 0 bridgehead atoms. The zero-order valence-electron chi connectivity index (χ0n) is 9.08. The number of fused-ring (bicyclic) bond motifs is 1. The van der Waals surface area contributed by atoms with Crippen molar-refractivity contribution in [1.82, 2.24) is 6.15 Å². The van der Waals surface area contributed by atoms with E-state index in [9.17, 15) is 14.4 Å². The van der Waals surface area contributed by atoms with Gasteiger partial charge in [-0.3, -0.25) is 14.4 Å². The van der Waals surface area contributed by atoms with Crippen molar-refractivity contribution in [1.29, 1.82) is 10.8 Å². The number of Topliss-reactive ketones (excluding diaryl/α,β-unsaturated/α-hetero) is 1. The molecule has 3 N–H and O–H groups in total. The number of carbonyl (C=O) groups is 3. The van der Waals surface area contributed by atoms with E-state index in [1.807, 2.05) is 0 Å². The Morgan fingerprint density at radius 1 is 1.18 bits per heavy atom. The van der Waals surface area contributed by atoms with Crippen molar-refractivity contribution in [2.24, 2.45) is 0 Å². The first-order valence-corrected chi connectivity index (χ1v) is 4.31. The zero-order chi connectivity index (χ0) is 12.3. The van der Waals surface area contributed by atoms with E-state index in [4.69, 9.17) is 10.8 Å². The SMILES string of the molecule is CC(=O)N1C(=O)C(=O)c2ccccc21.N.N#N. The number of ketones is 1. The molecule has 1 aromatic carbocycles. The average molecular weight is 234 g/mol. The lowest BCUT2D eigenvalue weighted by Gasteiger charge is -2.10. The largest absolute Gasteiger partial charge is 0.344 e. The highest BCUT2D eigenvalue weighted by Crippen LogP contribution is 2.28. The van der Waals surface area contributed by atoms with Gasteiger partial charge in [0.1, 0.15) is 0 Å². The molecular weight excluding hydrogens is 224 g/mol. The molecular formula is C10H10N4O3. The smallest absolute Gasteiger partial charge is 0.306 e. The van der Waals surface area contributed by atoms with Crippen molar-refractivity contribution >= 4 is 23.3 Å². The summed E-state index contributed by atoms with van der Waals surface area (Å²) in [6.45, 7) is 1.26. The van der Waals surface area contributed by atoms with Gasteiger partial charge in [0.2, 0.25) is 5.91 Å². The van der Waals surface area contributed by atoms with Gasteiger partial charge in [-0.2, -0.15) is 0 Å². The van der Waals surface area contributed by atoms with Crippen LogP contribution in [-0.4, -0.2) is 17.6 Å². The van der Waals surface area contributed by atoms with Gasteiger partial charge in [0.05, 0.1) is 11.3 Å². The number of imide groups is 1. The first-order valence-electron chi connectivity index (χ1n) is 4.31. The molecule has 1 heterocycles. The van der Waals surface area contributed by atoms with Crippen LogP contribution >= 0.6 is 0 Å². The fourth-order valence-corrected chi connectivity index (χ4v) is 1.50. The summed E-state index contributed by atoms with van der Waals surface area (Å²) in [7, 11) is 0. The Kier molecular flexibility index (Phi) is 4.65. The molecule has 1 aliphatic rings. The third kappa shape index (κ3) is 2.16. The second-order valence-electron chi connectivity index (χ2n) is 3.01. The number of para-hydroxylation sites is 1. The normalized spacial score (nSPS) is 12.1. The van der Waals surface area contributed by atoms with Crippen LogP contribution in [0.25, 0.3) is 0 Å². The van der Waals surface area contributed by atoms with E-state index in [-0.39, 0.29) is 6.15 Å². The van der Waals surface area contributed by atoms with Crippen molar-refractivity contribution in [3.63, 3.8) is 0 Å². The summed E-state index contributed by atoms with van der Waals surface area (Å²) in [5, 5.41) is 12.0. The summed E-state index contributed by atoms with van der Waals surface area (Å²) >= 11 is 0. The predicted octanol–water partition coefficient (Wildman–Crippen LogP) is 0.955.